The molecule has 0 aromatic heterocycles. The molecule has 19 heavy (non-hydrogen) atoms. The number of carboxylic acid groups (broad SMARTS) is 1. The quantitative estimate of drug-likeness (QED) is 0.825. The Morgan fingerprint density at radius 3 is 2.32 bits per heavy atom. The van der Waals surface area contributed by atoms with Gasteiger partial charge in [0, 0.05) is 12.8 Å². The van der Waals surface area contributed by atoms with Crippen LogP contribution >= 0.6 is 0 Å². The van der Waals surface area contributed by atoms with Crippen LogP contribution < -0.4 is 5.32 Å². The Kier molecular flexibility index (Phi) is 5.06. The number of carbonyl (C=O) groups excluding carboxylic acids is 1. The predicted molar refractivity (Wildman–Crippen MR) is 72.2 cm³/mol. The average Bonchev–Trinajstić information content (AvgIpc) is 2.36. The van der Waals surface area contributed by atoms with Crippen molar-refractivity contribution in [2.75, 3.05) is 19.0 Å². The molecule has 0 heterocycles. The van der Waals surface area contributed by atoms with E-state index in [-0.39, 0.29) is 5.91 Å². The number of carbonyl (C=O) groups is 2. The molecule has 0 unspecified atom stereocenters. The lowest BCUT2D eigenvalue weighted by Crippen LogP contribution is -2.28. The van der Waals surface area contributed by atoms with Crippen LogP contribution in [0.5, 0.6) is 0 Å². The summed E-state index contributed by atoms with van der Waals surface area (Å²) in [4.78, 5) is 22.6. The smallest absolute Gasteiger partial charge is 0.313 e. The highest BCUT2D eigenvalue weighted by molar-refractivity contribution is 5.90. The van der Waals surface area contributed by atoms with Crippen molar-refractivity contribution in [3.8, 4) is 0 Å². The first-order valence-electron chi connectivity index (χ1n) is 6.00. The van der Waals surface area contributed by atoms with E-state index < -0.39 is 11.4 Å². The minimum atomic E-state index is -0.946. The number of hydrogen-bond donors (Lipinski definition) is 2. The summed E-state index contributed by atoms with van der Waals surface area (Å²) in [6.07, 6.45) is 0.291. The van der Waals surface area contributed by atoms with E-state index in [0.29, 0.717) is 24.3 Å². The third-order valence-corrected chi connectivity index (χ3v) is 2.96. The molecule has 5 nitrogen and oxygen atoms in total. The molecular formula is C14H19NO4. The third-order valence-electron chi connectivity index (χ3n) is 2.96. The van der Waals surface area contributed by atoms with E-state index in [1.807, 2.05) is 0 Å². The van der Waals surface area contributed by atoms with E-state index in [1.165, 1.54) is 7.11 Å². The summed E-state index contributed by atoms with van der Waals surface area (Å²) in [5.41, 5.74) is 0.388. The second kappa shape index (κ2) is 6.33. The number of aliphatic carboxylic acids is 1. The Morgan fingerprint density at radius 2 is 1.84 bits per heavy atom. The summed E-state index contributed by atoms with van der Waals surface area (Å²) < 4.78 is 4.81. The monoisotopic (exact) mass is 265 g/mol. The van der Waals surface area contributed by atoms with Gasteiger partial charge in [-0.2, -0.15) is 0 Å². The molecule has 0 atom stereocenters. The van der Waals surface area contributed by atoms with Crippen molar-refractivity contribution in [1.82, 2.24) is 0 Å². The molecule has 1 rings (SSSR count). The number of nitrogens with one attached hydrogen (secondary N) is 1. The molecule has 0 saturated carbocycles. The molecule has 1 amide bonds. The van der Waals surface area contributed by atoms with E-state index in [9.17, 15) is 9.59 Å². The summed E-state index contributed by atoms with van der Waals surface area (Å²) in [6, 6.07) is 6.82. The summed E-state index contributed by atoms with van der Waals surface area (Å²) >= 11 is 0. The second-order valence-electron chi connectivity index (χ2n) is 4.80. The predicted octanol–water partition coefficient (Wildman–Crippen LogP) is 2.02. The first kappa shape index (κ1) is 15.2. The van der Waals surface area contributed by atoms with E-state index in [1.54, 1.807) is 38.1 Å². The van der Waals surface area contributed by atoms with Crippen LogP contribution in [-0.4, -0.2) is 30.7 Å². The highest BCUT2D eigenvalue weighted by Gasteiger charge is 2.29. The Balaban J connectivity index is 2.72. The van der Waals surface area contributed by atoms with Crippen molar-refractivity contribution in [3.05, 3.63) is 29.8 Å². The van der Waals surface area contributed by atoms with E-state index in [2.05, 4.69) is 5.32 Å². The van der Waals surface area contributed by atoms with Gasteiger partial charge in [-0.1, -0.05) is 12.1 Å². The molecule has 1 aromatic rings. The molecule has 0 fully saturated rings. The zero-order valence-electron chi connectivity index (χ0n) is 11.4. The van der Waals surface area contributed by atoms with Crippen LogP contribution in [0.25, 0.3) is 0 Å². The second-order valence-corrected chi connectivity index (χ2v) is 4.80. The minimum absolute atomic E-state index is 0.132. The van der Waals surface area contributed by atoms with E-state index >= 15 is 0 Å². The maximum Gasteiger partial charge on any atom is 0.313 e. The number of amides is 1. The van der Waals surface area contributed by atoms with Crippen molar-refractivity contribution >= 4 is 17.6 Å². The van der Waals surface area contributed by atoms with Gasteiger partial charge >= 0.3 is 5.97 Å². The summed E-state index contributed by atoms with van der Waals surface area (Å²) in [5, 5.41) is 11.8. The van der Waals surface area contributed by atoms with Crippen LogP contribution in [0.15, 0.2) is 24.3 Å². The molecule has 0 aliphatic carbocycles. The third kappa shape index (κ3) is 4.06. The zero-order chi connectivity index (χ0) is 14.5. The van der Waals surface area contributed by atoms with Gasteiger partial charge in [0.05, 0.1) is 18.4 Å². The SMILES string of the molecule is COCCC(=O)Nc1ccc(C(C)(C)C(=O)O)cc1. The molecule has 2 N–H and O–H groups in total. The van der Waals surface area contributed by atoms with Crippen molar-refractivity contribution in [2.24, 2.45) is 0 Å². The fourth-order valence-electron chi connectivity index (χ4n) is 1.51. The Bertz CT molecular complexity index is 451. The van der Waals surface area contributed by atoms with Crippen molar-refractivity contribution in [3.63, 3.8) is 0 Å². The van der Waals surface area contributed by atoms with Crippen LogP contribution in [0.2, 0.25) is 0 Å². The Hall–Kier alpha value is -1.88. The highest BCUT2D eigenvalue weighted by Crippen LogP contribution is 2.24. The maximum atomic E-state index is 11.5. The first-order valence-corrected chi connectivity index (χ1v) is 6.00. The summed E-state index contributed by atoms with van der Waals surface area (Å²) in [5.74, 6) is -1.02. The van der Waals surface area contributed by atoms with Gasteiger partial charge in [-0.3, -0.25) is 9.59 Å². The molecular weight excluding hydrogens is 246 g/mol. The number of rotatable bonds is 6. The fourth-order valence-corrected chi connectivity index (χ4v) is 1.51. The number of ether oxygens (including phenoxy) is 1. The normalized spacial score (nSPS) is 11.1. The number of methoxy groups -OCH3 is 1. The van der Waals surface area contributed by atoms with E-state index in [4.69, 9.17) is 9.84 Å². The van der Waals surface area contributed by atoms with Crippen molar-refractivity contribution in [1.29, 1.82) is 0 Å². The van der Waals surface area contributed by atoms with E-state index in [0.717, 1.165) is 0 Å². The highest BCUT2D eigenvalue weighted by atomic mass is 16.5. The number of carboxylic acids is 1. The lowest BCUT2D eigenvalue weighted by atomic mass is 9.85. The number of anilines is 1. The standard InChI is InChI=1S/C14H19NO4/c1-14(2,13(17)18)10-4-6-11(7-5-10)15-12(16)8-9-19-3/h4-7H,8-9H2,1-3H3,(H,15,16)(H,17,18). The van der Waals surface area contributed by atoms with Gasteiger partial charge in [0.1, 0.15) is 0 Å². The molecule has 0 aliphatic heterocycles. The van der Waals surface area contributed by atoms with Gasteiger partial charge < -0.3 is 15.2 Å². The Morgan fingerprint density at radius 1 is 1.26 bits per heavy atom. The molecule has 0 radical (unpaired) electrons. The largest absolute Gasteiger partial charge is 0.481 e. The lowest BCUT2D eigenvalue weighted by Gasteiger charge is -2.19. The van der Waals surface area contributed by atoms with Gasteiger partial charge in [0.25, 0.3) is 0 Å². The van der Waals surface area contributed by atoms with Crippen LogP contribution in [0.3, 0.4) is 0 Å². The van der Waals surface area contributed by atoms with Crippen LogP contribution in [0, 0.1) is 0 Å². The lowest BCUT2D eigenvalue weighted by molar-refractivity contribution is -0.142. The van der Waals surface area contributed by atoms with Gasteiger partial charge in [-0.25, -0.2) is 0 Å². The summed E-state index contributed by atoms with van der Waals surface area (Å²) in [6.45, 7) is 3.65. The summed E-state index contributed by atoms with van der Waals surface area (Å²) in [7, 11) is 1.54. The van der Waals surface area contributed by atoms with Crippen LogP contribution in [0.1, 0.15) is 25.8 Å². The minimum Gasteiger partial charge on any atom is -0.481 e. The first-order chi connectivity index (χ1) is 8.87. The van der Waals surface area contributed by atoms with Crippen LogP contribution in [0.4, 0.5) is 5.69 Å². The molecule has 0 bridgehead atoms. The van der Waals surface area contributed by atoms with Crippen molar-refractivity contribution < 1.29 is 19.4 Å². The fraction of sp³-hybridized carbons (Fsp3) is 0.429. The topological polar surface area (TPSA) is 75.6 Å². The number of benzene rings is 1. The maximum absolute atomic E-state index is 11.5. The molecule has 5 heteroatoms. The van der Waals surface area contributed by atoms with Gasteiger partial charge in [-0.05, 0) is 31.5 Å². The van der Waals surface area contributed by atoms with Crippen molar-refractivity contribution in [2.45, 2.75) is 25.7 Å². The van der Waals surface area contributed by atoms with Gasteiger partial charge in [-0.15, -0.1) is 0 Å². The van der Waals surface area contributed by atoms with Crippen LogP contribution in [-0.2, 0) is 19.7 Å². The zero-order valence-corrected chi connectivity index (χ0v) is 11.4. The molecule has 0 spiro atoms. The van der Waals surface area contributed by atoms with Gasteiger partial charge in [0.2, 0.25) is 5.91 Å². The molecule has 104 valence electrons. The molecule has 0 aliphatic rings. The number of hydrogen-bond acceptors (Lipinski definition) is 3. The molecule has 0 saturated heterocycles. The Labute approximate surface area is 112 Å². The molecule has 1 aromatic carbocycles. The average molecular weight is 265 g/mol. The van der Waals surface area contributed by atoms with Gasteiger partial charge in [0.15, 0.2) is 0 Å².